The molecular weight excluding hydrogens is 462 g/mol. The Morgan fingerprint density at radius 3 is 2.44 bits per heavy atom. The zero-order chi connectivity index (χ0) is 25.0. The van der Waals surface area contributed by atoms with Crippen LogP contribution < -0.4 is 16.2 Å². The minimum Gasteiger partial charge on any atom is -0.378 e. The Bertz CT molecular complexity index is 1420. The average molecular weight is 488 g/mol. The first-order valence-corrected chi connectivity index (χ1v) is 12.4. The van der Waals surface area contributed by atoms with Crippen LogP contribution in [0.3, 0.4) is 0 Å². The van der Waals surface area contributed by atoms with Gasteiger partial charge in [0.05, 0.1) is 15.2 Å². The molecule has 0 unspecified atom stereocenters. The van der Waals surface area contributed by atoms with E-state index >= 15 is 0 Å². The number of nitro groups is 1. The van der Waals surface area contributed by atoms with E-state index in [0.717, 1.165) is 12.3 Å². The predicted octanol–water partition coefficient (Wildman–Crippen LogP) is 2.21. The van der Waals surface area contributed by atoms with E-state index in [-0.39, 0.29) is 46.5 Å². The molecule has 1 amide bonds. The van der Waals surface area contributed by atoms with Crippen LogP contribution in [0.25, 0.3) is 10.8 Å². The largest absolute Gasteiger partial charge is 0.378 e. The number of sulfone groups is 1. The van der Waals surface area contributed by atoms with Crippen LogP contribution in [0.15, 0.2) is 52.2 Å². The number of aromatic nitrogens is 2. The van der Waals surface area contributed by atoms with Gasteiger partial charge in [-0.15, -0.1) is 0 Å². The fourth-order valence-corrected chi connectivity index (χ4v) is 4.01. The minimum atomic E-state index is -3.60. The lowest BCUT2D eigenvalue weighted by Gasteiger charge is -2.13. The molecule has 2 N–H and O–H groups in total. The van der Waals surface area contributed by atoms with Crippen molar-refractivity contribution >= 4 is 37.9 Å². The van der Waals surface area contributed by atoms with Crippen LogP contribution in [0.5, 0.6) is 0 Å². The van der Waals surface area contributed by atoms with Crippen LogP contribution in [-0.4, -0.2) is 48.4 Å². The summed E-state index contributed by atoms with van der Waals surface area (Å²) in [6.45, 7) is 4.48. The number of benzene rings is 2. The Labute approximate surface area is 195 Å². The van der Waals surface area contributed by atoms with Crippen molar-refractivity contribution in [3.8, 4) is 0 Å². The molecule has 3 rings (SSSR count). The number of hydrogen-bond donors (Lipinski definition) is 2. The molecule has 0 radical (unpaired) electrons. The zero-order valence-electron chi connectivity index (χ0n) is 18.9. The number of hydrogen-bond acceptors (Lipinski definition) is 8. The van der Waals surface area contributed by atoms with Crippen LogP contribution in [0.1, 0.15) is 24.3 Å². The van der Waals surface area contributed by atoms with Gasteiger partial charge in [-0.3, -0.25) is 19.7 Å². The van der Waals surface area contributed by atoms with Gasteiger partial charge in [-0.25, -0.2) is 13.1 Å². The molecule has 12 heteroatoms. The highest BCUT2D eigenvalue weighted by atomic mass is 32.2. The summed E-state index contributed by atoms with van der Waals surface area (Å²) in [4.78, 5) is 36.1. The van der Waals surface area contributed by atoms with Gasteiger partial charge in [0, 0.05) is 37.3 Å². The van der Waals surface area contributed by atoms with Crippen molar-refractivity contribution in [2.75, 3.05) is 24.7 Å². The lowest BCUT2D eigenvalue weighted by atomic mass is 10.1. The third-order valence-electron chi connectivity index (χ3n) is 4.94. The second-order valence-electron chi connectivity index (χ2n) is 8.17. The Morgan fingerprint density at radius 1 is 1.15 bits per heavy atom. The van der Waals surface area contributed by atoms with Crippen LogP contribution in [0.4, 0.5) is 11.4 Å². The van der Waals surface area contributed by atoms with Crippen molar-refractivity contribution in [2.45, 2.75) is 25.3 Å². The second kappa shape index (κ2) is 10.00. The van der Waals surface area contributed by atoms with Crippen LogP contribution in [-0.2, 0) is 16.4 Å². The summed E-state index contributed by atoms with van der Waals surface area (Å²) in [5.74, 6) is -0.339. The third-order valence-corrected chi connectivity index (χ3v) is 6.05. The maximum Gasteiger partial charge on any atom is 0.293 e. The first kappa shape index (κ1) is 24.8. The molecule has 0 aliphatic carbocycles. The molecule has 0 atom stereocenters. The molecule has 1 aromatic heterocycles. The number of carbonyl (C=O) groups excluding carboxylic acids is 1. The summed E-state index contributed by atoms with van der Waals surface area (Å²) >= 11 is 0. The molecule has 0 saturated carbocycles. The number of carbonyl (C=O) groups is 1. The van der Waals surface area contributed by atoms with Gasteiger partial charge in [0.25, 0.3) is 17.2 Å². The van der Waals surface area contributed by atoms with Gasteiger partial charge in [0.15, 0.2) is 15.5 Å². The fourth-order valence-electron chi connectivity index (χ4n) is 3.37. The fraction of sp³-hybridized carbons (Fsp3) is 0.318. The number of rotatable bonds is 9. The molecule has 180 valence electrons. The molecule has 0 aliphatic heterocycles. The van der Waals surface area contributed by atoms with Gasteiger partial charge in [-0.1, -0.05) is 32.0 Å². The number of anilines is 1. The summed E-state index contributed by atoms with van der Waals surface area (Å²) in [6, 6.07) is 10.3. The van der Waals surface area contributed by atoms with E-state index in [1.165, 1.54) is 16.8 Å². The van der Waals surface area contributed by atoms with E-state index in [0.29, 0.717) is 17.3 Å². The van der Waals surface area contributed by atoms with Gasteiger partial charge in [-0.05, 0) is 24.1 Å². The van der Waals surface area contributed by atoms with Gasteiger partial charge in [0.2, 0.25) is 0 Å². The molecule has 34 heavy (non-hydrogen) atoms. The van der Waals surface area contributed by atoms with E-state index in [2.05, 4.69) is 15.7 Å². The molecule has 2 aromatic carbocycles. The van der Waals surface area contributed by atoms with E-state index in [1.807, 2.05) is 13.8 Å². The summed E-state index contributed by atoms with van der Waals surface area (Å²) < 4.78 is 24.6. The topological polar surface area (TPSA) is 153 Å². The van der Waals surface area contributed by atoms with E-state index < -0.39 is 20.7 Å². The van der Waals surface area contributed by atoms with Crippen molar-refractivity contribution in [3.63, 3.8) is 0 Å². The quantitative estimate of drug-likeness (QED) is 0.265. The van der Waals surface area contributed by atoms with E-state index in [4.69, 9.17) is 0 Å². The number of nitro benzene ring substituents is 1. The first-order chi connectivity index (χ1) is 16.0. The molecule has 11 nitrogen and oxygen atoms in total. The number of nitrogens with zero attached hydrogens (tertiary/aromatic N) is 3. The van der Waals surface area contributed by atoms with Crippen LogP contribution >= 0.6 is 0 Å². The Balaban J connectivity index is 1.76. The smallest absolute Gasteiger partial charge is 0.293 e. The summed E-state index contributed by atoms with van der Waals surface area (Å²) in [5, 5.41) is 22.0. The van der Waals surface area contributed by atoms with Crippen molar-refractivity contribution in [1.82, 2.24) is 15.1 Å². The molecule has 0 spiro atoms. The van der Waals surface area contributed by atoms with Crippen molar-refractivity contribution in [1.29, 1.82) is 0 Å². The SMILES string of the molecule is CC(C)Cn1nc(C(=O)NCCNc2ccc(S(C)(=O)=O)cc2[N+](=O)[O-])c2ccccc2c1=O. The molecule has 1 heterocycles. The minimum absolute atomic E-state index is 0.100. The van der Waals surface area contributed by atoms with E-state index in [1.54, 1.807) is 24.3 Å². The van der Waals surface area contributed by atoms with Crippen LogP contribution in [0, 0.1) is 16.0 Å². The monoisotopic (exact) mass is 487 g/mol. The number of amides is 1. The second-order valence-corrected chi connectivity index (χ2v) is 10.2. The predicted molar refractivity (Wildman–Crippen MR) is 128 cm³/mol. The summed E-state index contributed by atoms with van der Waals surface area (Å²) in [5.41, 5.74) is -0.421. The zero-order valence-corrected chi connectivity index (χ0v) is 19.8. The van der Waals surface area contributed by atoms with Crippen molar-refractivity contribution in [3.05, 3.63) is 68.6 Å². The lowest BCUT2D eigenvalue weighted by Crippen LogP contribution is -2.33. The first-order valence-electron chi connectivity index (χ1n) is 10.5. The Morgan fingerprint density at radius 2 is 1.82 bits per heavy atom. The molecule has 0 saturated heterocycles. The molecular formula is C22H25N5O6S. The van der Waals surface area contributed by atoms with Crippen molar-refractivity contribution in [2.24, 2.45) is 5.92 Å². The summed E-state index contributed by atoms with van der Waals surface area (Å²) in [7, 11) is -3.60. The highest BCUT2D eigenvalue weighted by molar-refractivity contribution is 7.90. The molecule has 0 bridgehead atoms. The molecule has 0 fully saturated rings. The van der Waals surface area contributed by atoms with Gasteiger partial charge in [0.1, 0.15) is 5.69 Å². The average Bonchev–Trinajstić information content (AvgIpc) is 2.77. The Kier molecular flexibility index (Phi) is 7.30. The van der Waals surface area contributed by atoms with Gasteiger partial charge < -0.3 is 10.6 Å². The molecule has 0 aliphatic rings. The number of nitrogens with one attached hydrogen (secondary N) is 2. The normalized spacial score (nSPS) is 11.5. The third kappa shape index (κ3) is 5.57. The van der Waals surface area contributed by atoms with Gasteiger partial charge >= 0.3 is 0 Å². The maximum absolute atomic E-state index is 12.9. The highest BCUT2D eigenvalue weighted by Crippen LogP contribution is 2.27. The maximum atomic E-state index is 12.9. The van der Waals surface area contributed by atoms with E-state index in [9.17, 15) is 28.1 Å². The standard InChI is InChI=1S/C22H25N5O6S/c1-14(2)13-26-22(29)17-7-5-4-6-16(17)20(25-26)21(28)24-11-10-23-18-9-8-15(34(3,32)33)12-19(18)27(30)31/h4-9,12,14,23H,10-11,13H2,1-3H3,(H,24,28). The lowest BCUT2D eigenvalue weighted by molar-refractivity contribution is -0.384. The Hall–Kier alpha value is -3.80. The number of fused-ring (bicyclic) bond motifs is 1. The van der Waals surface area contributed by atoms with Crippen LogP contribution in [0.2, 0.25) is 0 Å². The summed E-state index contributed by atoms with van der Waals surface area (Å²) in [6.07, 6.45) is 0.969. The van der Waals surface area contributed by atoms with Crippen molar-refractivity contribution < 1.29 is 18.1 Å². The molecule has 3 aromatic rings. The highest BCUT2D eigenvalue weighted by Gasteiger charge is 2.19. The van der Waals surface area contributed by atoms with Gasteiger partial charge in [-0.2, -0.15) is 5.10 Å².